The third-order valence-corrected chi connectivity index (χ3v) is 7.03. The van der Waals surface area contributed by atoms with E-state index < -0.39 is 0 Å². The third kappa shape index (κ3) is 7.98. The Kier molecular flexibility index (Phi) is 10.4. The maximum absolute atomic E-state index is 6.06. The Morgan fingerprint density at radius 1 is 0.806 bits per heavy atom. The molecule has 1 aromatic heterocycles. The second-order valence-electron chi connectivity index (χ2n) is 9.47. The molecular formula is C29H43NO. The molecule has 2 unspecified atom stereocenters. The number of hydrogen-bond donors (Lipinski definition) is 0. The van der Waals surface area contributed by atoms with Crippen LogP contribution >= 0.6 is 0 Å². The van der Waals surface area contributed by atoms with Crippen molar-refractivity contribution in [1.82, 2.24) is 4.98 Å². The zero-order chi connectivity index (χ0) is 21.7. The molecule has 0 aliphatic heterocycles. The summed E-state index contributed by atoms with van der Waals surface area (Å²) in [4.78, 5) is 4.65. The summed E-state index contributed by atoms with van der Waals surface area (Å²) in [5, 5.41) is 0. The fourth-order valence-electron chi connectivity index (χ4n) is 5.08. The van der Waals surface area contributed by atoms with Gasteiger partial charge in [0.2, 0.25) is 0 Å². The van der Waals surface area contributed by atoms with E-state index in [9.17, 15) is 0 Å². The highest BCUT2D eigenvalue weighted by Gasteiger charge is 2.24. The van der Waals surface area contributed by atoms with Gasteiger partial charge in [-0.1, -0.05) is 77.7 Å². The second kappa shape index (κ2) is 13.6. The van der Waals surface area contributed by atoms with Crippen LogP contribution in [0.2, 0.25) is 0 Å². The predicted octanol–water partition coefficient (Wildman–Crippen LogP) is 8.64. The van der Waals surface area contributed by atoms with Gasteiger partial charge in [0.1, 0.15) is 5.75 Å². The average Bonchev–Trinajstić information content (AvgIpc) is 2.82. The van der Waals surface area contributed by atoms with E-state index in [1.54, 1.807) is 0 Å². The van der Waals surface area contributed by atoms with E-state index in [2.05, 4.69) is 55.2 Å². The summed E-state index contributed by atoms with van der Waals surface area (Å²) >= 11 is 0. The van der Waals surface area contributed by atoms with E-state index >= 15 is 0 Å². The Bertz CT molecular complexity index is 721. The zero-order valence-electron chi connectivity index (χ0n) is 20.0. The normalized spacial score (nSPS) is 18.8. The molecule has 2 aromatic rings. The molecule has 2 nitrogen and oxygen atoms in total. The van der Waals surface area contributed by atoms with Crippen molar-refractivity contribution >= 4 is 0 Å². The van der Waals surface area contributed by atoms with E-state index in [4.69, 9.17) is 4.74 Å². The Balaban J connectivity index is 1.41. The number of ether oxygens (including phenoxy) is 1. The standard InChI is InChI=1S/C29H43NO/c1-3-5-7-12-25-13-8-9-14-26(25)15-10-22-31-28-19-17-27(18-20-28)29-21-16-24(23-30-29)11-6-4-2/h16-21,23,25-26H,3-15,22H2,1-2H3. The van der Waals surface area contributed by atoms with Crippen molar-refractivity contribution < 1.29 is 4.74 Å². The van der Waals surface area contributed by atoms with Crippen molar-refractivity contribution in [2.24, 2.45) is 11.8 Å². The SMILES string of the molecule is CCCCCC1CCCCC1CCCOc1ccc(-c2ccc(CCCC)cn2)cc1. The smallest absolute Gasteiger partial charge is 0.119 e. The summed E-state index contributed by atoms with van der Waals surface area (Å²) < 4.78 is 6.06. The van der Waals surface area contributed by atoms with Crippen molar-refractivity contribution in [2.45, 2.75) is 97.3 Å². The predicted molar refractivity (Wildman–Crippen MR) is 133 cm³/mol. The highest BCUT2D eigenvalue weighted by molar-refractivity contribution is 5.60. The highest BCUT2D eigenvalue weighted by atomic mass is 16.5. The number of rotatable bonds is 13. The first-order valence-corrected chi connectivity index (χ1v) is 13.0. The van der Waals surface area contributed by atoms with Gasteiger partial charge >= 0.3 is 0 Å². The lowest BCUT2D eigenvalue weighted by atomic mass is 9.74. The maximum Gasteiger partial charge on any atom is 0.119 e. The number of nitrogens with zero attached hydrogens (tertiary/aromatic N) is 1. The van der Waals surface area contributed by atoms with Crippen LogP contribution in [0.5, 0.6) is 5.75 Å². The largest absolute Gasteiger partial charge is 0.494 e. The van der Waals surface area contributed by atoms with Gasteiger partial charge in [-0.25, -0.2) is 0 Å². The molecule has 0 amide bonds. The minimum Gasteiger partial charge on any atom is -0.494 e. The molecule has 0 N–H and O–H groups in total. The highest BCUT2D eigenvalue weighted by Crippen LogP contribution is 2.36. The summed E-state index contributed by atoms with van der Waals surface area (Å²) in [5.74, 6) is 2.88. The molecule has 0 spiro atoms. The number of benzene rings is 1. The molecule has 0 radical (unpaired) electrons. The van der Waals surface area contributed by atoms with Gasteiger partial charge in [0.05, 0.1) is 12.3 Å². The van der Waals surface area contributed by atoms with Crippen LogP contribution in [0.15, 0.2) is 42.6 Å². The first-order valence-electron chi connectivity index (χ1n) is 13.0. The quantitative estimate of drug-likeness (QED) is 0.302. The fourth-order valence-corrected chi connectivity index (χ4v) is 5.08. The van der Waals surface area contributed by atoms with Gasteiger partial charge in [-0.3, -0.25) is 4.98 Å². The fraction of sp³-hybridized carbons (Fsp3) is 0.621. The Morgan fingerprint density at radius 2 is 1.52 bits per heavy atom. The third-order valence-electron chi connectivity index (χ3n) is 7.03. The Hall–Kier alpha value is -1.83. The van der Waals surface area contributed by atoms with Crippen LogP contribution in [-0.4, -0.2) is 11.6 Å². The maximum atomic E-state index is 6.06. The summed E-state index contributed by atoms with van der Waals surface area (Å²) in [6.07, 6.45) is 19.5. The van der Waals surface area contributed by atoms with Gasteiger partial charge in [0.15, 0.2) is 0 Å². The molecule has 1 fully saturated rings. The van der Waals surface area contributed by atoms with Crippen molar-refractivity contribution in [3.63, 3.8) is 0 Å². The Morgan fingerprint density at radius 3 is 2.16 bits per heavy atom. The summed E-state index contributed by atoms with van der Waals surface area (Å²) in [6, 6.07) is 12.8. The van der Waals surface area contributed by atoms with Crippen molar-refractivity contribution in [3.05, 3.63) is 48.2 Å². The van der Waals surface area contributed by atoms with Gasteiger partial charge in [-0.2, -0.15) is 0 Å². The molecule has 170 valence electrons. The van der Waals surface area contributed by atoms with Crippen LogP contribution in [-0.2, 0) is 6.42 Å². The summed E-state index contributed by atoms with van der Waals surface area (Å²) in [5.41, 5.74) is 3.53. The topological polar surface area (TPSA) is 22.1 Å². The molecule has 31 heavy (non-hydrogen) atoms. The lowest BCUT2D eigenvalue weighted by Gasteiger charge is -2.31. The molecule has 1 saturated carbocycles. The zero-order valence-corrected chi connectivity index (χ0v) is 20.0. The van der Waals surface area contributed by atoms with E-state index in [1.165, 1.54) is 82.6 Å². The van der Waals surface area contributed by atoms with E-state index in [0.717, 1.165) is 41.9 Å². The summed E-state index contributed by atoms with van der Waals surface area (Å²) in [6.45, 7) is 5.37. The van der Waals surface area contributed by atoms with E-state index in [1.807, 2.05) is 6.20 Å². The number of pyridine rings is 1. The van der Waals surface area contributed by atoms with Crippen LogP contribution in [0.3, 0.4) is 0 Å². The number of hydrogen-bond acceptors (Lipinski definition) is 2. The first-order chi connectivity index (χ1) is 15.3. The van der Waals surface area contributed by atoms with Crippen LogP contribution < -0.4 is 4.74 Å². The van der Waals surface area contributed by atoms with Crippen molar-refractivity contribution in [3.8, 4) is 17.0 Å². The number of aryl methyl sites for hydroxylation is 1. The Labute approximate surface area is 190 Å². The second-order valence-corrected chi connectivity index (χ2v) is 9.47. The molecule has 2 heteroatoms. The number of aromatic nitrogens is 1. The van der Waals surface area contributed by atoms with Gasteiger partial charge in [0.25, 0.3) is 0 Å². The first kappa shape index (κ1) is 23.8. The van der Waals surface area contributed by atoms with Crippen LogP contribution in [0.1, 0.15) is 96.5 Å². The van der Waals surface area contributed by atoms with E-state index in [-0.39, 0.29) is 0 Å². The molecule has 1 heterocycles. The van der Waals surface area contributed by atoms with Gasteiger partial charge in [0, 0.05) is 11.8 Å². The minimum absolute atomic E-state index is 0.835. The van der Waals surface area contributed by atoms with Crippen molar-refractivity contribution in [1.29, 1.82) is 0 Å². The molecule has 3 rings (SSSR count). The lowest BCUT2D eigenvalue weighted by Crippen LogP contribution is -2.20. The van der Waals surface area contributed by atoms with Gasteiger partial charge in [-0.05, 0) is 73.4 Å². The molecule has 0 bridgehead atoms. The number of unbranched alkanes of at least 4 members (excludes halogenated alkanes) is 3. The molecule has 2 atom stereocenters. The summed E-state index contributed by atoms with van der Waals surface area (Å²) in [7, 11) is 0. The average molecular weight is 422 g/mol. The van der Waals surface area contributed by atoms with Gasteiger partial charge in [-0.15, -0.1) is 0 Å². The lowest BCUT2D eigenvalue weighted by molar-refractivity contribution is 0.190. The molecule has 1 aromatic carbocycles. The molecule has 0 saturated heterocycles. The molecule has 1 aliphatic rings. The van der Waals surface area contributed by atoms with Gasteiger partial charge < -0.3 is 4.74 Å². The van der Waals surface area contributed by atoms with Crippen molar-refractivity contribution in [2.75, 3.05) is 6.61 Å². The van der Waals surface area contributed by atoms with Crippen LogP contribution in [0.4, 0.5) is 0 Å². The molecular weight excluding hydrogens is 378 g/mol. The van der Waals surface area contributed by atoms with E-state index in [0.29, 0.717) is 0 Å². The molecule has 1 aliphatic carbocycles. The monoisotopic (exact) mass is 421 g/mol. The van der Waals surface area contributed by atoms with Crippen LogP contribution in [0, 0.1) is 11.8 Å². The van der Waals surface area contributed by atoms with Crippen LogP contribution in [0.25, 0.3) is 11.3 Å². The minimum atomic E-state index is 0.835.